The Kier molecular flexibility index (Phi) is 5.37. The molecule has 0 aromatic carbocycles. The van der Waals surface area contributed by atoms with Crippen molar-refractivity contribution in [2.24, 2.45) is 0 Å². The first-order chi connectivity index (χ1) is 13.8. The molecule has 158 valence electrons. The standard InChI is InChI=1S/C19H22F4N4O2/c1-26-11-2-3-12(26)7-10(6-11)24-19(28)16-5-4-13(29-16)9-27-15(18(22)23)8-14(25-27)17(20)21/h4-5,8,10-12,17-18H,2-3,6-7,9H2,1H3,(H,24,28). The average molecular weight is 414 g/mol. The van der Waals surface area contributed by atoms with E-state index in [0.717, 1.165) is 30.4 Å². The second-order valence-electron chi connectivity index (χ2n) is 7.71. The van der Waals surface area contributed by atoms with Crippen LogP contribution in [-0.2, 0) is 6.54 Å². The summed E-state index contributed by atoms with van der Waals surface area (Å²) in [6, 6.07) is 4.61. The van der Waals surface area contributed by atoms with E-state index in [1.54, 1.807) is 0 Å². The van der Waals surface area contributed by atoms with E-state index in [4.69, 9.17) is 4.42 Å². The van der Waals surface area contributed by atoms with Gasteiger partial charge in [0.1, 0.15) is 17.1 Å². The van der Waals surface area contributed by atoms with Gasteiger partial charge in [0.05, 0.1) is 6.54 Å². The van der Waals surface area contributed by atoms with Crippen LogP contribution < -0.4 is 5.32 Å². The first kappa shape index (κ1) is 19.9. The lowest BCUT2D eigenvalue weighted by molar-refractivity contribution is 0.0853. The van der Waals surface area contributed by atoms with E-state index in [2.05, 4.69) is 22.4 Å². The highest BCUT2D eigenvalue weighted by Gasteiger charge is 2.39. The van der Waals surface area contributed by atoms with Crippen LogP contribution in [0.4, 0.5) is 17.6 Å². The molecule has 0 spiro atoms. The molecule has 4 rings (SSSR count). The van der Waals surface area contributed by atoms with E-state index in [-0.39, 0.29) is 30.0 Å². The molecule has 6 nitrogen and oxygen atoms in total. The van der Waals surface area contributed by atoms with Crippen LogP contribution in [0.25, 0.3) is 0 Å². The predicted octanol–water partition coefficient (Wildman–Crippen LogP) is 3.75. The van der Waals surface area contributed by atoms with E-state index < -0.39 is 24.2 Å². The van der Waals surface area contributed by atoms with Crippen LogP contribution in [0.5, 0.6) is 0 Å². The van der Waals surface area contributed by atoms with Gasteiger partial charge in [-0.1, -0.05) is 0 Å². The zero-order valence-corrected chi connectivity index (χ0v) is 15.8. The van der Waals surface area contributed by atoms with Gasteiger partial charge in [0, 0.05) is 18.1 Å². The SMILES string of the molecule is CN1C2CCC1CC(NC(=O)c1ccc(Cn3nc(C(F)F)cc3C(F)F)o1)C2. The van der Waals surface area contributed by atoms with Gasteiger partial charge in [0.2, 0.25) is 0 Å². The third-order valence-corrected chi connectivity index (χ3v) is 5.90. The molecule has 10 heteroatoms. The van der Waals surface area contributed by atoms with Gasteiger partial charge in [-0.05, 0) is 50.9 Å². The van der Waals surface area contributed by atoms with E-state index in [1.165, 1.54) is 12.1 Å². The maximum Gasteiger partial charge on any atom is 0.287 e. The lowest BCUT2D eigenvalue weighted by Gasteiger charge is -2.36. The van der Waals surface area contributed by atoms with E-state index in [1.807, 2.05) is 0 Å². The summed E-state index contributed by atoms with van der Waals surface area (Å²) in [4.78, 5) is 14.9. The van der Waals surface area contributed by atoms with Crippen molar-refractivity contribution in [3.8, 4) is 0 Å². The molecule has 0 aliphatic carbocycles. The summed E-state index contributed by atoms with van der Waals surface area (Å²) < 4.78 is 58.0. The quantitative estimate of drug-likeness (QED) is 0.732. The highest BCUT2D eigenvalue weighted by Crippen LogP contribution is 2.34. The number of amides is 1. The summed E-state index contributed by atoms with van der Waals surface area (Å²) in [7, 11) is 2.11. The van der Waals surface area contributed by atoms with Gasteiger partial charge in [-0.15, -0.1) is 0 Å². The van der Waals surface area contributed by atoms with Crippen LogP contribution in [0.3, 0.4) is 0 Å². The van der Waals surface area contributed by atoms with Gasteiger partial charge in [0.15, 0.2) is 5.76 Å². The van der Waals surface area contributed by atoms with Gasteiger partial charge < -0.3 is 14.6 Å². The van der Waals surface area contributed by atoms with Crippen molar-refractivity contribution in [3.05, 3.63) is 41.1 Å². The number of fused-ring (bicyclic) bond motifs is 2. The number of hydrogen-bond acceptors (Lipinski definition) is 4. The minimum atomic E-state index is -2.95. The number of halogens is 4. The number of nitrogens with one attached hydrogen (secondary N) is 1. The van der Waals surface area contributed by atoms with Crippen LogP contribution >= 0.6 is 0 Å². The Morgan fingerprint density at radius 1 is 1.21 bits per heavy atom. The van der Waals surface area contributed by atoms with E-state index in [9.17, 15) is 22.4 Å². The number of hydrogen-bond donors (Lipinski definition) is 1. The molecule has 1 N–H and O–H groups in total. The monoisotopic (exact) mass is 414 g/mol. The highest BCUT2D eigenvalue weighted by atomic mass is 19.3. The summed E-state index contributed by atoms with van der Waals surface area (Å²) in [6.07, 6.45) is -1.87. The fraction of sp³-hybridized carbons (Fsp3) is 0.579. The molecule has 2 unspecified atom stereocenters. The fourth-order valence-corrected chi connectivity index (χ4v) is 4.38. The molecule has 0 radical (unpaired) electrons. The lowest BCUT2D eigenvalue weighted by atomic mass is 9.98. The summed E-state index contributed by atoms with van der Waals surface area (Å²) in [5.74, 6) is -0.122. The molecule has 2 aromatic rings. The molecular formula is C19H22F4N4O2. The molecule has 1 amide bonds. The fourth-order valence-electron chi connectivity index (χ4n) is 4.38. The Balaban J connectivity index is 1.42. The Labute approximate surface area is 164 Å². The first-order valence-corrected chi connectivity index (χ1v) is 9.57. The third-order valence-electron chi connectivity index (χ3n) is 5.90. The Hall–Kier alpha value is -2.36. The van der Waals surface area contributed by atoms with Crippen LogP contribution in [0.2, 0.25) is 0 Å². The third kappa shape index (κ3) is 4.03. The Morgan fingerprint density at radius 2 is 1.90 bits per heavy atom. The molecule has 2 aromatic heterocycles. The number of rotatable bonds is 6. The van der Waals surface area contributed by atoms with Gasteiger partial charge in [0.25, 0.3) is 18.8 Å². The highest BCUT2D eigenvalue weighted by molar-refractivity contribution is 5.91. The van der Waals surface area contributed by atoms with E-state index in [0.29, 0.717) is 18.2 Å². The Bertz CT molecular complexity index is 867. The number of piperidine rings is 1. The number of aromatic nitrogens is 2. The van der Waals surface area contributed by atoms with Crippen molar-refractivity contribution in [2.75, 3.05) is 7.05 Å². The van der Waals surface area contributed by atoms with Gasteiger partial charge in [-0.2, -0.15) is 5.10 Å². The predicted molar refractivity (Wildman–Crippen MR) is 95.0 cm³/mol. The maximum atomic E-state index is 13.1. The lowest BCUT2D eigenvalue weighted by Crippen LogP contribution is -2.48. The smallest absolute Gasteiger partial charge is 0.287 e. The molecule has 2 fully saturated rings. The van der Waals surface area contributed by atoms with E-state index >= 15 is 0 Å². The second-order valence-corrected chi connectivity index (χ2v) is 7.71. The average Bonchev–Trinajstić information content (AvgIpc) is 3.34. The van der Waals surface area contributed by atoms with Gasteiger partial charge in [-0.25, -0.2) is 17.6 Å². The molecule has 2 bridgehead atoms. The summed E-state index contributed by atoms with van der Waals surface area (Å²) in [5, 5.41) is 6.51. The zero-order chi connectivity index (χ0) is 20.7. The van der Waals surface area contributed by atoms with Crippen LogP contribution in [-0.4, -0.2) is 45.8 Å². The molecule has 2 atom stereocenters. The Morgan fingerprint density at radius 3 is 2.52 bits per heavy atom. The first-order valence-electron chi connectivity index (χ1n) is 9.57. The zero-order valence-electron chi connectivity index (χ0n) is 15.8. The number of carbonyl (C=O) groups is 1. The molecule has 2 saturated heterocycles. The van der Waals surface area contributed by atoms with Gasteiger partial charge >= 0.3 is 0 Å². The molecular weight excluding hydrogens is 392 g/mol. The largest absolute Gasteiger partial charge is 0.454 e. The van der Waals surface area contributed by atoms with Gasteiger partial charge in [-0.3, -0.25) is 9.48 Å². The number of carbonyl (C=O) groups excluding carboxylic acids is 1. The second kappa shape index (κ2) is 7.81. The molecule has 29 heavy (non-hydrogen) atoms. The minimum Gasteiger partial charge on any atom is -0.454 e. The maximum absolute atomic E-state index is 13.1. The topological polar surface area (TPSA) is 63.3 Å². The molecule has 0 saturated carbocycles. The minimum absolute atomic E-state index is 0.0612. The molecule has 4 heterocycles. The van der Waals surface area contributed by atoms with Crippen molar-refractivity contribution < 1.29 is 26.8 Å². The van der Waals surface area contributed by atoms with Crippen molar-refractivity contribution in [1.82, 2.24) is 20.0 Å². The summed E-state index contributed by atoms with van der Waals surface area (Å²) in [6.45, 7) is -0.266. The van der Waals surface area contributed by atoms with Crippen LogP contribution in [0.15, 0.2) is 22.6 Å². The van der Waals surface area contributed by atoms with Crippen molar-refractivity contribution in [2.45, 2.75) is 63.2 Å². The number of furan rings is 1. The van der Waals surface area contributed by atoms with Crippen LogP contribution in [0, 0.1) is 0 Å². The number of alkyl halides is 4. The van der Waals surface area contributed by atoms with Crippen molar-refractivity contribution >= 4 is 5.91 Å². The summed E-state index contributed by atoms with van der Waals surface area (Å²) in [5.41, 5.74) is -1.34. The van der Waals surface area contributed by atoms with Crippen molar-refractivity contribution in [3.63, 3.8) is 0 Å². The molecule has 2 aliphatic rings. The number of nitrogens with zero attached hydrogens (tertiary/aromatic N) is 3. The summed E-state index contributed by atoms with van der Waals surface area (Å²) >= 11 is 0. The normalized spacial score (nSPS) is 24.6. The molecule has 2 aliphatic heterocycles. The van der Waals surface area contributed by atoms with Crippen LogP contribution in [0.1, 0.15) is 66.2 Å². The van der Waals surface area contributed by atoms with Crippen molar-refractivity contribution in [1.29, 1.82) is 0 Å².